The first-order valence-electron chi connectivity index (χ1n) is 14.7. The smallest absolute Gasteiger partial charge is 0.310 e. The highest BCUT2D eigenvalue weighted by atomic mass is 32.2. The third-order valence-electron chi connectivity index (χ3n) is 8.80. The van der Waals surface area contributed by atoms with Crippen LogP contribution >= 0.6 is 11.8 Å². The van der Waals surface area contributed by atoms with Crippen molar-refractivity contribution in [2.45, 2.75) is 61.0 Å². The molecule has 0 radical (unpaired) electrons. The molecule has 8 heteroatoms. The number of hydrogen-bond donors (Lipinski definition) is 1. The Kier molecular flexibility index (Phi) is 9.19. The highest BCUT2D eigenvalue weighted by Gasteiger charge is 2.74. The summed E-state index contributed by atoms with van der Waals surface area (Å²) >= 11 is 1.66. The molecule has 2 aromatic carbocycles. The minimum Gasteiger partial charge on any atom is -0.465 e. The third-order valence-corrected chi connectivity index (χ3v) is 10.8. The van der Waals surface area contributed by atoms with Crippen LogP contribution in [0, 0.1) is 11.8 Å². The second-order valence-corrected chi connectivity index (χ2v) is 12.8. The molecule has 0 aromatic heterocycles. The molecule has 3 fully saturated rings. The van der Waals surface area contributed by atoms with Gasteiger partial charge < -0.3 is 19.6 Å². The summed E-state index contributed by atoms with van der Waals surface area (Å²) < 4.78 is 4.93. The molecule has 0 saturated carbocycles. The largest absolute Gasteiger partial charge is 0.465 e. The van der Waals surface area contributed by atoms with Crippen LogP contribution in [0.25, 0.3) is 10.8 Å². The highest BCUT2D eigenvalue weighted by Crippen LogP contribution is 2.66. The second-order valence-electron chi connectivity index (χ2n) is 11.2. The first-order chi connectivity index (χ1) is 20.0. The number of anilines is 1. The molecule has 2 unspecified atom stereocenters. The number of ether oxygens (including phenoxy) is 1. The Bertz CT molecular complexity index is 1310. The Morgan fingerprint density at radius 2 is 1.88 bits per heavy atom. The van der Waals surface area contributed by atoms with Crippen molar-refractivity contribution in [1.82, 2.24) is 4.90 Å². The van der Waals surface area contributed by atoms with Gasteiger partial charge in [-0.3, -0.25) is 14.4 Å². The maximum absolute atomic E-state index is 14.7. The molecule has 7 nitrogen and oxygen atoms in total. The van der Waals surface area contributed by atoms with E-state index in [9.17, 15) is 19.5 Å². The SMILES string of the molecule is C=CCCOC(=O)[C@@H]1[C@H]2C(=O)N(CCCCCCO)C(C(=O)N(CC=C)c3ccc4ccccc4c3)C23CC[C@H]1S3. The summed E-state index contributed by atoms with van der Waals surface area (Å²) in [6.45, 7) is 8.77. The first kappa shape index (κ1) is 29.4. The zero-order valence-electron chi connectivity index (χ0n) is 23.6. The van der Waals surface area contributed by atoms with Gasteiger partial charge in [0.15, 0.2) is 0 Å². The van der Waals surface area contributed by atoms with E-state index >= 15 is 0 Å². The molecule has 2 bridgehead atoms. The van der Waals surface area contributed by atoms with Crippen molar-refractivity contribution in [2.75, 3.05) is 31.2 Å². The van der Waals surface area contributed by atoms with Gasteiger partial charge in [-0.15, -0.1) is 24.9 Å². The molecule has 3 aliphatic heterocycles. The van der Waals surface area contributed by atoms with Gasteiger partial charge in [-0.25, -0.2) is 0 Å². The molecule has 1 spiro atoms. The van der Waals surface area contributed by atoms with Gasteiger partial charge in [0.1, 0.15) is 6.04 Å². The van der Waals surface area contributed by atoms with E-state index in [4.69, 9.17) is 4.74 Å². The highest BCUT2D eigenvalue weighted by molar-refractivity contribution is 8.02. The lowest BCUT2D eigenvalue weighted by molar-refractivity contribution is -0.154. The van der Waals surface area contributed by atoms with Gasteiger partial charge in [-0.1, -0.05) is 55.3 Å². The maximum atomic E-state index is 14.7. The van der Waals surface area contributed by atoms with Gasteiger partial charge >= 0.3 is 5.97 Å². The van der Waals surface area contributed by atoms with Crippen LogP contribution < -0.4 is 4.90 Å². The van der Waals surface area contributed by atoms with Crippen LogP contribution in [0.3, 0.4) is 0 Å². The molecule has 3 aliphatic rings. The van der Waals surface area contributed by atoms with E-state index in [-0.39, 0.29) is 36.2 Å². The van der Waals surface area contributed by atoms with Crippen LogP contribution in [0.2, 0.25) is 0 Å². The van der Waals surface area contributed by atoms with Crippen LogP contribution in [0.4, 0.5) is 5.69 Å². The summed E-state index contributed by atoms with van der Waals surface area (Å²) in [6, 6.07) is 13.3. The normalized spacial score (nSPS) is 26.3. The monoisotopic (exact) mass is 576 g/mol. The molecule has 3 heterocycles. The van der Waals surface area contributed by atoms with Crippen molar-refractivity contribution in [3.05, 3.63) is 67.8 Å². The molecule has 41 heavy (non-hydrogen) atoms. The summed E-state index contributed by atoms with van der Waals surface area (Å²) in [6.07, 6.45) is 8.65. The molecule has 2 amide bonds. The Balaban J connectivity index is 1.49. The van der Waals surface area contributed by atoms with E-state index in [0.29, 0.717) is 32.4 Å². The number of carbonyl (C=O) groups excluding carboxylic acids is 3. The van der Waals surface area contributed by atoms with Crippen molar-refractivity contribution in [1.29, 1.82) is 0 Å². The molecular formula is C33H40N2O5S. The number of carbonyl (C=O) groups is 3. The van der Waals surface area contributed by atoms with Crippen LogP contribution in [0.1, 0.15) is 44.9 Å². The van der Waals surface area contributed by atoms with Crippen molar-refractivity contribution < 1.29 is 24.2 Å². The topological polar surface area (TPSA) is 87.1 Å². The molecule has 1 N–H and O–H groups in total. The summed E-state index contributed by atoms with van der Waals surface area (Å²) in [5.41, 5.74) is 0.765. The van der Waals surface area contributed by atoms with Gasteiger partial charge in [0.25, 0.3) is 5.91 Å². The van der Waals surface area contributed by atoms with E-state index in [2.05, 4.69) is 13.2 Å². The minimum atomic E-state index is -0.676. The van der Waals surface area contributed by atoms with Crippen LogP contribution in [-0.2, 0) is 19.1 Å². The molecule has 0 aliphatic carbocycles. The number of aliphatic hydroxyl groups excluding tert-OH is 1. The van der Waals surface area contributed by atoms with Crippen molar-refractivity contribution >= 4 is 46.0 Å². The fourth-order valence-corrected chi connectivity index (χ4v) is 9.17. The number of unbranched alkanes of at least 4 members (excludes halogenated alkanes) is 3. The van der Waals surface area contributed by atoms with Crippen molar-refractivity contribution in [3.63, 3.8) is 0 Å². The van der Waals surface area contributed by atoms with Gasteiger partial charge in [-0.05, 0) is 55.0 Å². The Labute approximate surface area is 246 Å². The van der Waals surface area contributed by atoms with Crippen LogP contribution in [0.15, 0.2) is 67.8 Å². The number of likely N-dealkylation sites (tertiary alicyclic amines) is 1. The number of benzene rings is 2. The van der Waals surface area contributed by atoms with Crippen LogP contribution in [-0.4, -0.2) is 70.1 Å². The fraction of sp³-hybridized carbons (Fsp3) is 0.485. The second kappa shape index (κ2) is 12.8. The quantitative estimate of drug-likeness (QED) is 0.191. The summed E-state index contributed by atoms with van der Waals surface area (Å²) in [5, 5.41) is 11.3. The van der Waals surface area contributed by atoms with Crippen molar-refractivity contribution in [2.24, 2.45) is 11.8 Å². The fourth-order valence-electron chi connectivity index (χ4n) is 6.97. The van der Waals surface area contributed by atoms with Crippen molar-refractivity contribution in [3.8, 4) is 0 Å². The van der Waals surface area contributed by atoms with Gasteiger partial charge in [0, 0.05) is 30.6 Å². The number of fused-ring (bicyclic) bond motifs is 2. The molecule has 5 atom stereocenters. The lowest BCUT2D eigenvalue weighted by Gasteiger charge is -2.37. The molecule has 2 aromatic rings. The maximum Gasteiger partial charge on any atom is 0.310 e. The van der Waals surface area contributed by atoms with Gasteiger partial charge in [-0.2, -0.15) is 0 Å². The zero-order chi connectivity index (χ0) is 29.0. The number of nitrogens with zero attached hydrogens (tertiary/aromatic N) is 2. The van der Waals surface area contributed by atoms with Gasteiger partial charge in [0.2, 0.25) is 5.91 Å². The number of thioether (sulfide) groups is 1. The number of hydrogen-bond acceptors (Lipinski definition) is 6. The van der Waals surface area contributed by atoms with E-state index in [1.165, 1.54) is 0 Å². The predicted molar refractivity (Wildman–Crippen MR) is 164 cm³/mol. The molecular weight excluding hydrogens is 536 g/mol. The molecule has 5 rings (SSSR count). The summed E-state index contributed by atoms with van der Waals surface area (Å²) in [5.74, 6) is -1.69. The summed E-state index contributed by atoms with van der Waals surface area (Å²) in [7, 11) is 0. The predicted octanol–water partition coefficient (Wildman–Crippen LogP) is 5.12. The lowest BCUT2D eigenvalue weighted by Crippen LogP contribution is -2.55. The number of rotatable bonds is 14. The standard InChI is InChI=1S/C33H40N2O5S/c1-3-5-21-40-32(39)27-26-16-17-33(41-26)28(27)30(37)35(19-10-6-7-11-20-36)29(33)31(38)34(18-4-2)25-15-14-23-12-8-9-13-24(23)22-25/h3-4,8-9,12-15,22,26-29,36H,1-2,5-7,10-11,16-21H2/t26-,27+,28+,29?,33?/m1/s1. The van der Waals surface area contributed by atoms with E-state index < -0.39 is 22.6 Å². The Morgan fingerprint density at radius 3 is 2.63 bits per heavy atom. The number of amides is 2. The third kappa shape index (κ3) is 5.44. The molecule has 3 saturated heterocycles. The Hall–Kier alpha value is -3.10. The molecule has 218 valence electrons. The number of esters is 1. The van der Waals surface area contributed by atoms with E-state index in [1.807, 2.05) is 42.5 Å². The Morgan fingerprint density at radius 1 is 1.10 bits per heavy atom. The average Bonchev–Trinajstić information content (AvgIpc) is 3.62. The lowest BCUT2D eigenvalue weighted by atomic mass is 9.71. The minimum absolute atomic E-state index is 0.0318. The first-order valence-corrected chi connectivity index (χ1v) is 15.6. The van der Waals surface area contributed by atoms with Gasteiger partial charge in [0.05, 0.1) is 23.2 Å². The van der Waals surface area contributed by atoms with Crippen LogP contribution in [0.5, 0.6) is 0 Å². The number of aliphatic hydroxyl groups is 1. The average molecular weight is 577 g/mol. The van der Waals surface area contributed by atoms with E-state index in [1.54, 1.807) is 33.7 Å². The summed E-state index contributed by atoms with van der Waals surface area (Å²) in [4.78, 5) is 45.7. The zero-order valence-corrected chi connectivity index (χ0v) is 24.4. The van der Waals surface area contributed by atoms with E-state index in [0.717, 1.165) is 42.1 Å².